The Morgan fingerprint density at radius 2 is 2.50 bits per heavy atom. The van der Waals surface area contributed by atoms with Gasteiger partial charge in [0.25, 0.3) is 0 Å². The number of hydrogen-bond donors (Lipinski definition) is 0. The van der Waals surface area contributed by atoms with Crippen molar-refractivity contribution in [3.05, 3.63) is 12.7 Å². The lowest BCUT2D eigenvalue weighted by molar-refractivity contribution is -0.138. The van der Waals surface area contributed by atoms with Crippen molar-refractivity contribution < 1.29 is 9.53 Å². The van der Waals surface area contributed by atoms with Crippen molar-refractivity contribution in [2.45, 2.75) is 19.3 Å². The summed E-state index contributed by atoms with van der Waals surface area (Å²) in [5.41, 5.74) is -0.0597. The van der Waals surface area contributed by atoms with Crippen LogP contribution in [0, 0.1) is 0 Å². The van der Waals surface area contributed by atoms with Crippen LogP contribution in [0.5, 0.6) is 0 Å². The van der Waals surface area contributed by atoms with Gasteiger partial charge in [-0.25, -0.2) is 4.79 Å². The summed E-state index contributed by atoms with van der Waals surface area (Å²) in [7, 11) is 0. The quantitative estimate of drug-likeness (QED) is 0.356. The van der Waals surface area contributed by atoms with Crippen LogP contribution in [0.15, 0.2) is 12.7 Å². The molecule has 0 fully saturated rings. The number of hydrogen-bond acceptors (Lipinski definition) is 3. The zero-order valence-corrected chi connectivity index (χ0v) is 7.11. The normalized spacial score (nSPS) is 12.2. The first-order valence-corrected chi connectivity index (χ1v) is 4.20. The molecule has 0 bridgehead atoms. The topological polar surface area (TPSA) is 26.3 Å². The van der Waals surface area contributed by atoms with Crippen molar-refractivity contribution in [3.8, 4) is 0 Å². The lowest BCUT2D eigenvalue weighted by Crippen LogP contribution is -2.08. The molecule has 0 aromatic rings. The second-order valence-corrected chi connectivity index (χ2v) is 3.24. The number of carbonyl (C=O) groups is 1. The van der Waals surface area contributed by atoms with E-state index in [2.05, 4.69) is 6.58 Å². The Kier molecular flexibility index (Phi) is 5.12. The van der Waals surface area contributed by atoms with E-state index >= 15 is 0 Å². The molecule has 10 heavy (non-hydrogen) atoms. The molecule has 58 valence electrons. The predicted molar refractivity (Wildman–Crippen MR) is 43.9 cm³/mol. The van der Waals surface area contributed by atoms with Gasteiger partial charge < -0.3 is 4.74 Å². The second kappa shape index (κ2) is 5.35. The molecule has 0 aliphatic heterocycles. The minimum atomic E-state index is -0.353. The van der Waals surface area contributed by atoms with Gasteiger partial charge in [-0.15, -0.1) is 11.8 Å². The monoisotopic (exact) mass is 160 g/mol. The van der Waals surface area contributed by atoms with Crippen LogP contribution < -0.4 is 0 Å². The van der Waals surface area contributed by atoms with E-state index < -0.39 is 0 Å². The van der Waals surface area contributed by atoms with Gasteiger partial charge in [0.1, 0.15) is 5.44 Å². The SMILES string of the molecule is C=CC(=O)OC(C)SCC. The third-order valence-electron chi connectivity index (χ3n) is 0.850. The van der Waals surface area contributed by atoms with Crippen molar-refractivity contribution in [1.82, 2.24) is 0 Å². The fraction of sp³-hybridized carbons (Fsp3) is 0.571. The van der Waals surface area contributed by atoms with Crippen molar-refractivity contribution in [1.29, 1.82) is 0 Å². The average Bonchev–Trinajstić information content (AvgIpc) is 1.88. The second-order valence-electron chi connectivity index (χ2n) is 1.66. The van der Waals surface area contributed by atoms with Gasteiger partial charge >= 0.3 is 5.97 Å². The predicted octanol–water partition coefficient (Wildman–Crippen LogP) is 1.81. The molecule has 0 saturated carbocycles. The molecule has 0 spiro atoms. The molecule has 1 atom stereocenters. The molecule has 1 unspecified atom stereocenters. The maximum Gasteiger partial charge on any atom is 0.331 e. The molecule has 0 aliphatic rings. The van der Waals surface area contributed by atoms with Gasteiger partial charge in [0.05, 0.1) is 0 Å². The molecule has 0 N–H and O–H groups in total. The molecule has 3 heteroatoms. The highest BCUT2D eigenvalue weighted by Gasteiger charge is 2.03. The molecule has 0 amide bonds. The summed E-state index contributed by atoms with van der Waals surface area (Å²) in [5.74, 6) is 0.597. The van der Waals surface area contributed by atoms with Crippen LogP contribution in [0.3, 0.4) is 0 Å². The Morgan fingerprint density at radius 1 is 1.90 bits per heavy atom. The molecule has 0 rings (SSSR count). The number of rotatable bonds is 4. The standard InChI is InChI=1S/C7H12O2S/c1-4-7(8)9-6(3)10-5-2/h4,6H,1,5H2,2-3H3. The summed E-state index contributed by atoms with van der Waals surface area (Å²) in [5, 5.41) is 0. The minimum absolute atomic E-state index is 0.0597. The van der Waals surface area contributed by atoms with Crippen LogP contribution in [-0.4, -0.2) is 17.2 Å². The van der Waals surface area contributed by atoms with E-state index in [0.29, 0.717) is 0 Å². The first-order valence-electron chi connectivity index (χ1n) is 3.15. The largest absolute Gasteiger partial charge is 0.448 e. The number of carbonyl (C=O) groups excluding carboxylic acids is 1. The zero-order chi connectivity index (χ0) is 7.98. The van der Waals surface area contributed by atoms with Crippen LogP contribution in [-0.2, 0) is 9.53 Å². The van der Waals surface area contributed by atoms with Gasteiger partial charge in [0.15, 0.2) is 0 Å². The van der Waals surface area contributed by atoms with Gasteiger partial charge in [-0.1, -0.05) is 13.5 Å². The smallest absolute Gasteiger partial charge is 0.331 e. The van der Waals surface area contributed by atoms with Crippen molar-refractivity contribution in [2.24, 2.45) is 0 Å². The number of ether oxygens (including phenoxy) is 1. The summed E-state index contributed by atoms with van der Waals surface area (Å²) in [6, 6.07) is 0. The van der Waals surface area contributed by atoms with Gasteiger partial charge in [-0.05, 0) is 12.7 Å². The Labute approximate surface area is 65.6 Å². The van der Waals surface area contributed by atoms with E-state index in [4.69, 9.17) is 4.74 Å². The molecule has 0 aromatic carbocycles. The highest BCUT2D eigenvalue weighted by molar-refractivity contribution is 7.99. The van der Waals surface area contributed by atoms with Crippen LogP contribution >= 0.6 is 11.8 Å². The molecule has 0 radical (unpaired) electrons. The highest BCUT2D eigenvalue weighted by atomic mass is 32.2. The Balaban J connectivity index is 3.46. The van der Waals surface area contributed by atoms with E-state index in [9.17, 15) is 4.79 Å². The summed E-state index contributed by atoms with van der Waals surface area (Å²) < 4.78 is 4.85. The van der Waals surface area contributed by atoms with Gasteiger partial charge in [-0.3, -0.25) is 0 Å². The van der Waals surface area contributed by atoms with Crippen LogP contribution in [0.25, 0.3) is 0 Å². The zero-order valence-electron chi connectivity index (χ0n) is 6.29. The van der Waals surface area contributed by atoms with Crippen molar-refractivity contribution in [3.63, 3.8) is 0 Å². The van der Waals surface area contributed by atoms with Crippen molar-refractivity contribution in [2.75, 3.05) is 5.75 Å². The first kappa shape index (κ1) is 9.56. The highest BCUT2D eigenvalue weighted by Crippen LogP contribution is 2.10. The maximum absolute atomic E-state index is 10.5. The molecule has 0 heterocycles. The maximum atomic E-state index is 10.5. The molecular formula is C7H12O2S. The summed E-state index contributed by atoms with van der Waals surface area (Å²) in [6.45, 7) is 7.15. The van der Waals surface area contributed by atoms with Crippen LogP contribution in [0.1, 0.15) is 13.8 Å². The van der Waals surface area contributed by atoms with Crippen LogP contribution in [0.4, 0.5) is 0 Å². The Morgan fingerprint density at radius 3 is 2.90 bits per heavy atom. The van der Waals surface area contributed by atoms with Gasteiger partial charge in [0.2, 0.25) is 0 Å². The van der Waals surface area contributed by atoms with E-state index in [0.717, 1.165) is 5.75 Å². The van der Waals surface area contributed by atoms with E-state index in [-0.39, 0.29) is 11.4 Å². The fourth-order valence-corrected chi connectivity index (χ4v) is 1.11. The van der Waals surface area contributed by atoms with Crippen LogP contribution in [0.2, 0.25) is 0 Å². The van der Waals surface area contributed by atoms with E-state index in [1.165, 1.54) is 6.08 Å². The Hall–Kier alpha value is -0.440. The summed E-state index contributed by atoms with van der Waals surface area (Å²) in [6.07, 6.45) is 1.17. The molecule has 0 aliphatic carbocycles. The molecule has 2 nitrogen and oxygen atoms in total. The number of esters is 1. The first-order chi connectivity index (χ1) is 4.70. The average molecular weight is 160 g/mol. The van der Waals surface area contributed by atoms with Crippen molar-refractivity contribution >= 4 is 17.7 Å². The Bertz CT molecular complexity index is 123. The number of thioether (sulfide) groups is 1. The lowest BCUT2D eigenvalue weighted by atomic mass is 10.6. The third-order valence-corrected chi connectivity index (χ3v) is 1.75. The molecular weight excluding hydrogens is 148 g/mol. The molecule has 0 saturated heterocycles. The minimum Gasteiger partial charge on any atom is -0.448 e. The third kappa shape index (κ3) is 4.44. The summed E-state index contributed by atoms with van der Waals surface area (Å²) in [4.78, 5) is 10.5. The van der Waals surface area contributed by atoms with Gasteiger partial charge in [0, 0.05) is 6.08 Å². The van der Waals surface area contributed by atoms with Gasteiger partial charge in [-0.2, -0.15) is 0 Å². The lowest BCUT2D eigenvalue weighted by Gasteiger charge is -2.08. The summed E-state index contributed by atoms with van der Waals surface area (Å²) >= 11 is 1.58. The van der Waals surface area contributed by atoms with E-state index in [1.807, 2.05) is 13.8 Å². The fourth-order valence-electron chi connectivity index (χ4n) is 0.480. The molecule has 0 aromatic heterocycles. The van der Waals surface area contributed by atoms with E-state index in [1.54, 1.807) is 11.8 Å².